The number of carbonyl (C=O) groups is 2. The standard InChI is InChI=1S/C24H35N3O2/c1-5-27(6-2)22(28)20-12-19(7-8-21(20)26(3)4)25-23(29)24-13-16-9-17(14-24)11-18(10-16)15-24/h7-8,12,16-18H,5-6,9-11,13-15H2,1-4H3,(H,25,29). The second kappa shape index (κ2) is 7.66. The molecule has 4 bridgehead atoms. The minimum atomic E-state index is -0.183. The Morgan fingerprint density at radius 3 is 2.03 bits per heavy atom. The highest BCUT2D eigenvalue weighted by Crippen LogP contribution is 2.60. The second-order valence-electron chi connectivity index (χ2n) is 9.76. The highest BCUT2D eigenvalue weighted by molar-refractivity contribution is 6.02. The average molecular weight is 398 g/mol. The molecule has 5 nitrogen and oxygen atoms in total. The van der Waals surface area contributed by atoms with Crippen LogP contribution in [0.2, 0.25) is 0 Å². The van der Waals surface area contributed by atoms with E-state index in [0.29, 0.717) is 18.7 Å². The number of carbonyl (C=O) groups excluding carboxylic acids is 2. The van der Waals surface area contributed by atoms with Gasteiger partial charge in [-0.3, -0.25) is 9.59 Å². The van der Waals surface area contributed by atoms with Crippen molar-refractivity contribution in [3.8, 4) is 0 Å². The Labute approximate surface area is 174 Å². The van der Waals surface area contributed by atoms with Crippen molar-refractivity contribution in [2.45, 2.75) is 52.4 Å². The Bertz CT molecular complexity index is 762. The van der Waals surface area contributed by atoms with Crippen LogP contribution < -0.4 is 10.2 Å². The van der Waals surface area contributed by atoms with Gasteiger partial charge in [-0.1, -0.05) is 0 Å². The van der Waals surface area contributed by atoms with Gasteiger partial charge in [0.1, 0.15) is 0 Å². The van der Waals surface area contributed by atoms with Crippen LogP contribution in [-0.2, 0) is 4.79 Å². The van der Waals surface area contributed by atoms with E-state index < -0.39 is 0 Å². The van der Waals surface area contributed by atoms with E-state index in [1.54, 1.807) is 0 Å². The molecule has 4 aliphatic carbocycles. The van der Waals surface area contributed by atoms with E-state index in [2.05, 4.69) is 5.32 Å². The fourth-order valence-electron chi connectivity index (χ4n) is 6.51. The number of amides is 2. The predicted octanol–water partition coefficient (Wildman–Crippen LogP) is 4.39. The smallest absolute Gasteiger partial charge is 0.256 e. The minimum absolute atomic E-state index is 0.0182. The molecule has 0 aliphatic heterocycles. The zero-order valence-electron chi connectivity index (χ0n) is 18.3. The van der Waals surface area contributed by atoms with Crippen LogP contribution in [0.25, 0.3) is 0 Å². The molecule has 29 heavy (non-hydrogen) atoms. The molecule has 5 rings (SSSR count). The van der Waals surface area contributed by atoms with Gasteiger partial charge in [-0.05, 0) is 88.3 Å². The van der Waals surface area contributed by atoms with Gasteiger partial charge in [0.2, 0.25) is 5.91 Å². The van der Waals surface area contributed by atoms with Crippen molar-refractivity contribution < 1.29 is 9.59 Å². The molecule has 0 spiro atoms. The molecule has 1 aromatic rings. The predicted molar refractivity (Wildman–Crippen MR) is 117 cm³/mol. The van der Waals surface area contributed by atoms with Crippen molar-refractivity contribution in [3.63, 3.8) is 0 Å². The first-order valence-electron chi connectivity index (χ1n) is 11.3. The molecule has 0 unspecified atom stereocenters. The average Bonchev–Trinajstić information content (AvgIpc) is 2.67. The van der Waals surface area contributed by atoms with E-state index in [1.807, 2.05) is 55.9 Å². The van der Waals surface area contributed by atoms with Gasteiger partial charge in [0.05, 0.1) is 11.0 Å². The number of benzene rings is 1. The Morgan fingerprint density at radius 1 is 1.00 bits per heavy atom. The Balaban J connectivity index is 1.58. The van der Waals surface area contributed by atoms with Gasteiger partial charge in [-0.15, -0.1) is 0 Å². The van der Waals surface area contributed by atoms with Crippen molar-refractivity contribution in [3.05, 3.63) is 23.8 Å². The molecular weight excluding hydrogens is 362 g/mol. The third-order valence-corrected chi connectivity index (χ3v) is 7.54. The van der Waals surface area contributed by atoms with E-state index >= 15 is 0 Å². The molecule has 0 radical (unpaired) electrons. The van der Waals surface area contributed by atoms with Gasteiger partial charge in [0, 0.05) is 38.6 Å². The van der Waals surface area contributed by atoms with Crippen molar-refractivity contribution in [2.24, 2.45) is 23.2 Å². The van der Waals surface area contributed by atoms with Crippen molar-refractivity contribution in [2.75, 3.05) is 37.4 Å². The molecule has 4 fully saturated rings. The maximum Gasteiger partial charge on any atom is 0.256 e. The summed E-state index contributed by atoms with van der Waals surface area (Å²) in [5.41, 5.74) is 2.10. The third-order valence-electron chi connectivity index (χ3n) is 7.54. The molecule has 5 heteroatoms. The normalized spacial score (nSPS) is 29.6. The van der Waals surface area contributed by atoms with Crippen LogP contribution in [0.3, 0.4) is 0 Å². The molecule has 0 heterocycles. The summed E-state index contributed by atoms with van der Waals surface area (Å²) < 4.78 is 0. The number of hydrogen-bond donors (Lipinski definition) is 1. The molecule has 2 amide bonds. The summed E-state index contributed by atoms with van der Waals surface area (Å²) in [6, 6.07) is 5.76. The van der Waals surface area contributed by atoms with Crippen LogP contribution in [0, 0.1) is 23.2 Å². The summed E-state index contributed by atoms with van der Waals surface area (Å²) >= 11 is 0. The molecule has 1 N–H and O–H groups in total. The lowest BCUT2D eigenvalue weighted by Gasteiger charge is -2.55. The molecule has 4 aliphatic rings. The first-order valence-corrected chi connectivity index (χ1v) is 11.3. The van der Waals surface area contributed by atoms with E-state index in [4.69, 9.17) is 0 Å². The van der Waals surface area contributed by atoms with Crippen LogP contribution in [-0.4, -0.2) is 43.9 Å². The quantitative estimate of drug-likeness (QED) is 0.775. The highest BCUT2D eigenvalue weighted by Gasteiger charge is 2.54. The first kappa shape index (κ1) is 20.2. The Kier molecular flexibility index (Phi) is 5.34. The zero-order valence-corrected chi connectivity index (χ0v) is 18.3. The fourth-order valence-corrected chi connectivity index (χ4v) is 6.51. The van der Waals surface area contributed by atoms with Crippen LogP contribution in [0.15, 0.2) is 18.2 Å². The van der Waals surface area contributed by atoms with Crippen LogP contribution >= 0.6 is 0 Å². The van der Waals surface area contributed by atoms with Gasteiger partial charge in [-0.2, -0.15) is 0 Å². The fraction of sp³-hybridized carbons (Fsp3) is 0.667. The second-order valence-corrected chi connectivity index (χ2v) is 9.76. The van der Waals surface area contributed by atoms with E-state index in [-0.39, 0.29) is 17.2 Å². The van der Waals surface area contributed by atoms with Gasteiger partial charge < -0.3 is 15.1 Å². The summed E-state index contributed by atoms with van der Waals surface area (Å²) in [7, 11) is 3.89. The van der Waals surface area contributed by atoms with Crippen molar-refractivity contribution >= 4 is 23.2 Å². The van der Waals surface area contributed by atoms with Gasteiger partial charge >= 0.3 is 0 Å². The maximum atomic E-state index is 13.4. The molecular formula is C24H35N3O2. The maximum absolute atomic E-state index is 13.4. The zero-order chi connectivity index (χ0) is 20.8. The van der Waals surface area contributed by atoms with Gasteiger partial charge in [-0.25, -0.2) is 0 Å². The Hall–Kier alpha value is -2.04. The molecule has 4 saturated carbocycles. The molecule has 0 saturated heterocycles. The number of rotatable bonds is 6. The lowest BCUT2D eigenvalue weighted by molar-refractivity contribution is -0.140. The van der Waals surface area contributed by atoms with E-state index in [0.717, 1.165) is 48.4 Å². The highest BCUT2D eigenvalue weighted by atomic mass is 16.2. The minimum Gasteiger partial charge on any atom is -0.377 e. The van der Waals surface area contributed by atoms with Crippen molar-refractivity contribution in [1.82, 2.24) is 4.90 Å². The number of anilines is 2. The first-order chi connectivity index (χ1) is 13.8. The number of nitrogens with one attached hydrogen (secondary N) is 1. The SMILES string of the molecule is CCN(CC)C(=O)c1cc(NC(=O)C23CC4CC(CC(C4)C2)C3)ccc1N(C)C. The largest absolute Gasteiger partial charge is 0.377 e. The summed E-state index contributed by atoms with van der Waals surface area (Å²) in [4.78, 5) is 30.3. The topological polar surface area (TPSA) is 52.7 Å². The van der Waals surface area contributed by atoms with Crippen LogP contribution in [0.5, 0.6) is 0 Å². The Morgan fingerprint density at radius 2 is 1.55 bits per heavy atom. The third kappa shape index (κ3) is 3.64. The lowest BCUT2D eigenvalue weighted by atomic mass is 9.49. The lowest BCUT2D eigenvalue weighted by Crippen LogP contribution is -2.51. The summed E-state index contributed by atoms with van der Waals surface area (Å²) in [6.45, 7) is 5.34. The van der Waals surface area contributed by atoms with E-state index in [1.165, 1.54) is 19.3 Å². The summed E-state index contributed by atoms with van der Waals surface area (Å²) in [5.74, 6) is 2.41. The van der Waals surface area contributed by atoms with Gasteiger partial charge in [0.15, 0.2) is 0 Å². The van der Waals surface area contributed by atoms with Crippen molar-refractivity contribution in [1.29, 1.82) is 0 Å². The van der Waals surface area contributed by atoms with E-state index in [9.17, 15) is 9.59 Å². The molecule has 0 atom stereocenters. The molecule has 1 aromatic carbocycles. The molecule has 158 valence electrons. The van der Waals surface area contributed by atoms with Gasteiger partial charge in [0.25, 0.3) is 5.91 Å². The molecule has 0 aromatic heterocycles. The summed E-state index contributed by atoms with van der Waals surface area (Å²) in [6.07, 6.45) is 7.12. The number of nitrogens with zero attached hydrogens (tertiary/aromatic N) is 2. The van der Waals surface area contributed by atoms with Crippen LogP contribution in [0.1, 0.15) is 62.7 Å². The number of hydrogen-bond acceptors (Lipinski definition) is 3. The monoisotopic (exact) mass is 397 g/mol. The summed E-state index contributed by atoms with van der Waals surface area (Å²) in [5, 5.41) is 3.21. The van der Waals surface area contributed by atoms with Crippen LogP contribution in [0.4, 0.5) is 11.4 Å².